The van der Waals surface area contributed by atoms with Crippen LogP contribution in [0.3, 0.4) is 0 Å². The molecule has 16 aromatic carbocycles. The monoisotopic (exact) mass is 1400 g/mol. The molecule has 110 heavy (non-hydrogen) atoms. The highest BCUT2D eigenvalue weighted by Gasteiger charge is 2.21. The van der Waals surface area contributed by atoms with Gasteiger partial charge >= 0.3 is 0 Å². The minimum Gasteiger partial charge on any atom is -0.247 e. The molecule has 0 fully saturated rings. The zero-order chi connectivity index (χ0) is 73.0. The average Bonchev–Trinajstić information content (AvgIpc) is 0.745. The number of hydrogen-bond acceptors (Lipinski definition) is 8. The molecule has 0 aliphatic rings. The van der Waals surface area contributed by atoms with Crippen LogP contribution in [0.2, 0.25) is 0 Å². The number of fused-ring (bicyclic) bond motifs is 8. The van der Waals surface area contributed by atoms with Gasteiger partial charge in [-0.15, -0.1) is 0 Å². The van der Waals surface area contributed by atoms with Crippen LogP contribution in [0, 0.1) is 6.92 Å². The highest BCUT2D eigenvalue weighted by Crippen LogP contribution is 2.43. The molecule has 20 aromatic rings. The Hall–Kier alpha value is -14.6. The minimum absolute atomic E-state index is 0.595. The number of rotatable bonds is 14. The molecule has 20 rings (SSSR count). The lowest BCUT2D eigenvalue weighted by molar-refractivity contribution is 1.07. The second-order valence-electron chi connectivity index (χ2n) is 28.3. The summed E-state index contributed by atoms with van der Waals surface area (Å²) in [5.41, 5.74) is 23.7. The van der Waals surface area contributed by atoms with Gasteiger partial charge in [0.05, 0.1) is 22.4 Å². The maximum Gasteiger partial charge on any atom is 0.164 e. The fraction of sp³-hybridized carbons (Fsp3) is 0.0196. The van der Waals surface area contributed by atoms with Crippen LogP contribution >= 0.6 is 0 Å². The summed E-state index contributed by atoms with van der Waals surface area (Å²) in [4.78, 5) is 42.1. The fourth-order valence-corrected chi connectivity index (χ4v) is 15.6. The molecule has 0 aliphatic carbocycles. The summed E-state index contributed by atoms with van der Waals surface area (Å²) < 4.78 is 0. The van der Waals surface area contributed by atoms with E-state index in [4.69, 9.17) is 39.9 Å². The van der Waals surface area contributed by atoms with E-state index in [1.165, 1.54) is 22.1 Å². The first-order chi connectivity index (χ1) is 54.3. The van der Waals surface area contributed by atoms with Crippen molar-refractivity contribution in [2.75, 3.05) is 0 Å². The Bertz CT molecular complexity index is 6850. The van der Waals surface area contributed by atoms with Crippen LogP contribution in [0.1, 0.15) is 16.7 Å². The number of aromatic nitrogens is 8. The third kappa shape index (κ3) is 12.4. The van der Waals surface area contributed by atoms with E-state index in [1.54, 1.807) is 0 Å². The van der Waals surface area contributed by atoms with Gasteiger partial charge in [0, 0.05) is 76.8 Å². The van der Waals surface area contributed by atoms with Gasteiger partial charge in [0.2, 0.25) is 0 Å². The topological polar surface area (TPSA) is 103 Å². The van der Waals surface area contributed by atoms with Crippen molar-refractivity contribution in [3.63, 3.8) is 0 Å². The van der Waals surface area contributed by atoms with E-state index in [0.717, 1.165) is 160 Å². The van der Waals surface area contributed by atoms with Crippen LogP contribution < -0.4 is 0 Å². The van der Waals surface area contributed by atoms with Crippen molar-refractivity contribution in [1.29, 1.82) is 0 Å². The second kappa shape index (κ2) is 27.7. The Kier molecular flexibility index (Phi) is 16.4. The normalized spacial score (nSPS) is 11.5. The number of pyridine rings is 2. The minimum atomic E-state index is 0.595. The van der Waals surface area contributed by atoms with Gasteiger partial charge in [-0.1, -0.05) is 345 Å². The molecule has 514 valence electrons. The molecule has 4 heterocycles. The molecular formula is C102H66N8. The molecule has 8 heteroatoms. The highest BCUT2D eigenvalue weighted by atomic mass is 15.0. The Morgan fingerprint density at radius 3 is 0.991 bits per heavy atom. The van der Waals surface area contributed by atoms with Crippen LogP contribution in [-0.4, -0.2) is 39.9 Å². The van der Waals surface area contributed by atoms with Crippen LogP contribution in [0.25, 0.3) is 200 Å². The van der Waals surface area contributed by atoms with Crippen LogP contribution in [0.15, 0.2) is 370 Å². The molecule has 8 nitrogen and oxygen atoms in total. The number of nitrogens with zero attached hydrogens (tertiary/aromatic N) is 8. The number of hydrogen-bond donors (Lipinski definition) is 0. The van der Waals surface area contributed by atoms with Crippen molar-refractivity contribution in [3.05, 3.63) is 387 Å². The predicted molar refractivity (Wildman–Crippen MR) is 453 cm³/mol. The van der Waals surface area contributed by atoms with Crippen molar-refractivity contribution in [1.82, 2.24) is 39.9 Å². The van der Waals surface area contributed by atoms with Crippen LogP contribution in [0.4, 0.5) is 0 Å². The van der Waals surface area contributed by atoms with Crippen LogP contribution in [0.5, 0.6) is 0 Å². The van der Waals surface area contributed by atoms with Gasteiger partial charge < -0.3 is 0 Å². The average molecular weight is 1400 g/mol. The first kappa shape index (κ1) is 65.0. The van der Waals surface area contributed by atoms with E-state index in [1.807, 2.05) is 0 Å². The molecule has 0 saturated carbocycles. The maximum absolute atomic E-state index is 5.64. The fourth-order valence-electron chi connectivity index (χ4n) is 15.6. The van der Waals surface area contributed by atoms with Crippen molar-refractivity contribution < 1.29 is 0 Å². The van der Waals surface area contributed by atoms with E-state index < -0.39 is 0 Å². The molecule has 4 aromatic heterocycles. The van der Waals surface area contributed by atoms with Crippen molar-refractivity contribution in [3.8, 4) is 135 Å². The van der Waals surface area contributed by atoms with Gasteiger partial charge in [0.1, 0.15) is 0 Å². The standard InChI is InChI=1S/C102H66N8/c1-64-34-38-74(39-35-64)97-105-98(107-99(106-97)76-48-42-69(43-49-76)80-54-56-87-91(62-80)103-95(73-25-9-4-10-26-73)89-32-16-30-85(93(87)89)71-21-5-2-6-22-71)75-40-36-65(37-41-75)58-66-18-15-29-82(59-66)96-90-33-17-31-86(72-23-7-3-8-24-72)94(90)88-57-55-81(63-92(88)104-96)70-44-50-77(51-45-70)100-108-101(83-52-46-67-19-11-13-27-78(67)60-83)110-102(109-100)84-53-47-68-20-12-14-28-79(68)61-84/h2-57,59-63H,58H2,1H3. The molecular weight excluding hydrogens is 1340 g/mol. The van der Waals surface area contributed by atoms with Crippen molar-refractivity contribution in [2.24, 2.45) is 0 Å². The van der Waals surface area contributed by atoms with Gasteiger partial charge in [-0.3, -0.25) is 0 Å². The van der Waals surface area contributed by atoms with Gasteiger partial charge in [0.25, 0.3) is 0 Å². The Balaban J connectivity index is 0.610. The molecule has 0 aliphatic heterocycles. The van der Waals surface area contributed by atoms with Gasteiger partial charge in [0.15, 0.2) is 34.9 Å². The number of benzene rings is 16. The molecule has 0 radical (unpaired) electrons. The first-order valence-corrected chi connectivity index (χ1v) is 37.2. The highest BCUT2D eigenvalue weighted by molar-refractivity contribution is 6.19. The third-order valence-electron chi connectivity index (χ3n) is 21.2. The van der Waals surface area contributed by atoms with E-state index in [0.29, 0.717) is 41.4 Å². The largest absolute Gasteiger partial charge is 0.247 e. The summed E-state index contributed by atoms with van der Waals surface area (Å²) in [7, 11) is 0. The summed E-state index contributed by atoms with van der Waals surface area (Å²) in [6, 6.07) is 131. The van der Waals surface area contributed by atoms with Crippen molar-refractivity contribution >= 4 is 64.9 Å². The van der Waals surface area contributed by atoms with E-state index >= 15 is 0 Å². The molecule has 0 atom stereocenters. The Labute approximate surface area is 636 Å². The molecule has 0 saturated heterocycles. The van der Waals surface area contributed by atoms with E-state index in [-0.39, 0.29) is 0 Å². The molecule has 0 amide bonds. The summed E-state index contributed by atoms with van der Waals surface area (Å²) in [6.07, 6.45) is 0.700. The van der Waals surface area contributed by atoms with Gasteiger partial charge in [-0.25, -0.2) is 39.9 Å². The summed E-state index contributed by atoms with van der Waals surface area (Å²) in [5.74, 6) is 3.64. The Morgan fingerprint density at radius 1 is 0.191 bits per heavy atom. The van der Waals surface area contributed by atoms with Gasteiger partial charge in [-0.2, -0.15) is 0 Å². The maximum atomic E-state index is 5.64. The lowest BCUT2D eigenvalue weighted by atomic mass is 9.91. The SMILES string of the molecule is Cc1ccc(-c2nc(-c3ccc(Cc4cccc(-c5nc6cc(-c7ccc(-c8nc(-c9ccc%10ccccc%10c9)nc(-c9ccc%10ccccc%10c9)n8)cc7)ccc6c6c(-c7ccccc7)cccc56)c4)cc3)nc(-c3ccc(-c4ccc5c(c4)nc(-c4ccccc4)c4cccc(-c6ccccc6)c45)cc3)n2)cc1. The molecule has 0 bridgehead atoms. The van der Waals surface area contributed by atoms with Crippen molar-refractivity contribution in [2.45, 2.75) is 13.3 Å². The van der Waals surface area contributed by atoms with Crippen LogP contribution in [-0.2, 0) is 6.42 Å². The lowest BCUT2D eigenvalue weighted by Gasteiger charge is -2.16. The predicted octanol–water partition coefficient (Wildman–Crippen LogP) is 25.7. The molecule has 0 unspecified atom stereocenters. The second-order valence-corrected chi connectivity index (χ2v) is 28.3. The summed E-state index contributed by atoms with van der Waals surface area (Å²) >= 11 is 0. The van der Waals surface area contributed by atoms with E-state index in [2.05, 4.69) is 377 Å². The first-order valence-electron chi connectivity index (χ1n) is 37.2. The summed E-state index contributed by atoms with van der Waals surface area (Å²) in [5, 5.41) is 11.3. The quantitative estimate of drug-likeness (QED) is 0.0992. The molecule has 0 N–H and O–H groups in total. The smallest absolute Gasteiger partial charge is 0.164 e. The summed E-state index contributed by atoms with van der Waals surface area (Å²) in [6.45, 7) is 2.09. The third-order valence-corrected chi connectivity index (χ3v) is 21.2. The lowest BCUT2D eigenvalue weighted by Crippen LogP contribution is -2.00. The molecule has 0 spiro atoms. The van der Waals surface area contributed by atoms with Gasteiger partial charge in [-0.05, 0) is 121 Å². The number of aryl methyl sites for hydroxylation is 1. The zero-order valence-corrected chi connectivity index (χ0v) is 60.0. The zero-order valence-electron chi connectivity index (χ0n) is 60.0. The van der Waals surface area contributed by atoms with E-state index in [9.17, 15) is 0 Å². The Morgan fingerprint density at radius 2 is 0.536 bits per heavy atom.